The summed E-state index contributed by atoms with van der Waals surface area (Å²) in [6.45, 7) is 0.817. The van der Waals surface area contributed by atoms with Crippen LogP contribution in [-0.4, -0.2) is 19.8 Å². The predicted molar refractivity (Wildman–Crippen MR) is 108 cm³/mol. The summed E-state index contributed by atoms with van der Waals surface area (Å²) in [5, 5.41) is 15.0. The van der Waals surface area contributed by atoms with Crippen LogP contribution in [0.15, 0.2) is 65.7 Å². The Morgan fingerprint density at radius 3 is 2.44 bits per heavy atom. The molecule has 3 rings (SSSR count). The first-order chi connectivity index (χ1) is 12.8. The van der Waals surface area contributed by atoms with E-state index in [1.807, 2.05) is 24.7 Å². The van der Waals surface area contributed by atoms with Crippen LogP contribution in [0.3, 0.4) is 0 Å². The number of nitrogens with zero attached hydrogens (tertiary/aromatic N) is 3. The second-order valence-corrected chi connectivity index (χ2v) is 7.45. The molecule has 9 heteroatoms. The second kappa shape index (κ2) is 10.3. The van der Waals surface area contributed by atoms with Gasteiger partial charge >= 0.3 is 0 Å². The molecule has 1 atom stereocenters. The third kappa shape index (κ3) is 7.21. The fourth-order valence-corrected chi connectivity index (χ4v) is 3.49. The Kier molecular flexibility index (Phi) is 8.09. The Hall–Kier alpha value is -2.09. The van der Waals surface area contributed by atoms with Crippen molar-refractivity contribution in [3.63, 3.8) is 0 Å². The molecule has 142 valence electrons. The molecule has 6 nitrogen and oxygen atoms in total. The number of hydrogen-bond acceptors (Lipinski definition) is 3. The van der Waals surface area contributed by atoms with Gasteiger partial charge in [0.25, 0.3) is 5.09 Å². The molecule has 3 aromatic rings. The van der Waals surface area contributed by atoms with Gasteiger partial charge in [-0.2, -0.15) is 0 Å². The highest BCUT2D eigenvalue weighted by Crippen LogP contribution is 2.31. The first-order valence-corrected chi connectivity index (χ1v) is 9.38. The Bertz CT molecular complexity index is 870. The molecule has 0 aliphatic carbocycles. The van der Waals surface area contributed by atoms with Crippen molar-refractivity contribution in [2.24, 2.45) is 0 Å². The quantitative estimate of drug-likeness (QED) is 0.385. The van der Waals surface area contributed by atoms with Crippen molar-refractivity contribution in [1.82, 2.24) is 9.55 Å². The first-order valence-electron chi connectivity index (χ1n) is 7.83. The number of halogens is 3. The van der Waals surface area contributed by atoms with Crippen LogP contribution in [0.5, 0.6) is 0 Å². The molecule has 0 saturated carbocycles. The van der Waals surface area contributed by atoms with Crippen molar-refractivity contribution in [3.8, 4) is 0 Å². The Labute approximate surface area is 174 Å². The van der Waals surface area contributed by atoms with Crippen molar-refractivity contribution in [2.75, 3.05) is 0 Å². The summed E-state index contributed by atoms with van der Waals surface area (Å²) in [6, 6.07) is 14.1. The van der Waals surface area contributed by atoms with Crippen LogP contribution < -0.4 is 0 Å². The summed E-state index contributed by atoms with van der Waals surface area (Å²) in [6.07, 6.45) is 6.49. The monoisotopic (exact) mass is 471 g/mol. The topological polar surface area (TPSA) is 81.2 Å². The normalized spacial score (nSPS) is 11.4. The van der Waals surface area contributed by atoms with Crippen LogP contribution in [0.2, 0.25) is 10.0 Å². The Morgan fingerprint density at radius 2 is 1.89 bits per heavy atom. The molecule has 0 bridgehead atoms. The molecule has 0 saturated heterocycles. The maximum atomic E-state index is 8.36. The van der Waals surface area contributed by atoms with Crippen LogP contribution in [0.4, 0.5) is 0 Å². The average molecular weight is 473 g/mol. The zero-order chi connectivity index (χ0) is 19.8. The number of aromatic nitrogens is 2. The fourth-order valence-electron chi connectivity index (χ4n) is 2.66. The largest absolute Gasteiger partial charge is 0.337 e. The molecule has 0 fully saturated rings. The highest BCUT2D eigenvalue weighted by atomic mass is 79.9. The number of hydrogen-bond donors (Lipinski definition) is 1. The second-order valence-electron chi connectivity index (χ2n) is 5.69. The van der Waals surface area contributed by atoms with Gasteiger partial charge in [-0.1, -0.05) is 57.3 Å². The fraction of sp³-hybridized carbons (Fsp3) is 0.167. The summed E-state index contributed by atoms with van der Waals surface area (Å²) < 4.78 is 3.16. The smallest absolute Gasteiger partial charge is 0.291 e. The highest BCUT2D eigenvalue weighted by molar-refractivity contribution is 9.10. The molecular weight excluding hydrogens is 457 g/mol. The minimum Gasteiger partial charge on any atom is -0.337 e. The zero-order valence-electron chi connectivity index (χ0n) is 14.0. The van der Waals surface area contributed by atoms with Gasteiger partial charge in [0.1, 0.15) is 0 Å². The summed E-state index contributed by atoms with van der Waals surface area (Å²) in [4.78, 5) is 12.5. The van der Waals surface area contributed by atoms with E-state index in [1.165, 1.54) is 5.56 Å². The van der Waals surface area contributed by atoms with E-state index in [4.69, 9.17) is 38.5 Å². The third-order valence-electron chi connectivity index (χ3n) is 3.79. The van der Waals surface area contributed by atoms with Gasteiger partial charge in [-0.25, -0.2) is 4.98 Å². The lowest BCUT2D eigenvalue weighted by atomic mass is 9.91. The molecule has 1 heterocycles. The van der Waals surface area contributed by atoms with Gasteiger partial charge in [0, 0.05) is 39.4 Å². The van der Waals surface area contributed by atoms with Gasteiger partial charge in [-0.3, -0.25) is 0 Å². The van der Waals surface area contributed by atoms with Crippen LogP contribution >= 0.6 is 39.1 Å². The van der Waals surface area contributed by atoms with Crippen molar-refractivity contribution in [1.29, 1.82) is 0 Å². The summed E-state index contributed by atoms with van der Waals surface area (Å²) in [5.41, 5.74) is 2.37. The molecule has 2 aromatic carbocycles. The number of benzene rings is 2. The van der Waals surface area contributed by atoms with E-state index < -0.39 is 5.09 Å². The molecular formula is C18H16BrCl2N3O3. The van der Waals surface area contributed by atoms with Gasteiger partial charge in [-0.05, 0) is 41.8 Å². The molecule has 0 radical (unpaired) electrons. The summed E-state index contributed by atoms with van der Waals surface area (Å²) in [7, 11) is 0. The molecule has 27 heavy (non-hydrogen) atoms. The van der Waals surface area contributed by atoms with Crippen molar-refractivity contribution >= 4 is 39.1 Å². The van der Waals surface area contributed by atoms with E-state index in [-0.39, 0.29) is 5.92 Å². The number of rotatable bonds is 5. The van der Waals surface area contributed by atoms with Gasteiger partial charge in [0.15, 0.2) is 0 Å². The van der Waals surface area contributed by atoms with Crippen LogP contribution in [0.1, 0.15) is 17.0 Å². The molecule has 1 N–H and O–H groups in total. The third-order valence-corrected chi connectivity index (χ3v) is 4.88. The van der Waals surface area contributed by atoms with Gasteiger partial charge < -0.3 is 9.77 Å². The van der Waals surface area contributed by atoms with E-state index in [9.17, 15) is 0 Å². The molecule has 0 spiro atoms. The lowest BCUT2D eigenvalue weighted by Gasteiger charge is -2.20. The van der Waals surface area contributed by atoms with Gasteiger partial charge in [0.05, 0.1) is 6.33 Å². The molecule has 0 aliphatic heterocycles. The van der Waals surface area contributed by atoms with Crippen molar-refractivity contribution in [2.45, 2.75) is 18.9 Å². The van der Waals surface area contributed by atoms with Crippen molar-refractivity contribution < 1.29 is 10.3 Å². The lowest BCUT2D eigenvalue weighted by Crippen LogP contribution is -2.11. The molecule has 0 aliphatic rings. The van der Waals surface area contributed by atoms with E-state index in [0.29, 0.717) is 10.0 Å². The Morgan fingerprint density at radius 1 is 1.22 bits per heavy atom. The number of imidazole rings is 1. The molecule has 1 aromatic heterocycles. The van der Waals surface area contributed by atoms with E-state index in [1.54, 1.807) is 12.3 Å². The molecule has 1 unspecified atom stereocenters. The van der Waals surface area contributed by atoms with E-state index in [2.05, 4.69) is 49.7 Å². The van der Waals surface area contributed by atoms with E-state index >= 15 is 0 Å². The summed E-state index contributed by atoms with van der Waals surface area (Å²) in [5.74, 6) is 0.246. The minimum atomic E-state index is -1.50. The zero-order valence-corrected chi connectivity index (χ0v) is 17.1. The first kappa shape index (κ1) is 21.2. The van der Waals surface area contributed by atoms with Gasteiger partial charge in [-0.15, -0.1) is 10.1 Å². The Balaban J connectivity index is 0.000000596. The lowest BCUT2D eigenvalue weighted by molar-refractivity contribution is -0.742. The minimum absolute atomic E-state index is 0.246. The maximum Gasteiger partial charge on any atom is 0.291 e. The maximum absolute atomic E-state index is 8.36. The summed E-state index contributed by atoms with van der Waals surface area (Å²) >= 11 is 16.0. The average Bonchev–Trinajstić information content (AvgIpc) is 3.09. The molecule has 0 amide bonds. The SMILES string of the molecule is Clc1ccc(C(Cc2ccc(Br)cc2)Cn2ccnc2)c(Cl)c1.O=[N+]([O-])O. The highest BCUT2D eigenvalue weighted by Gasteiger charge is 2.17. The standard InChI is InChI=1S/C18H15BrCl2N2.HNO3/c19-15-3-1-13(2-4-15)9-14(11-23-8-7-22-12-23)17-6-5-16(20)10-18(17)21;2-1(3)4/h1-8,10,12,14H,9,11H2;(H,2,3,4). The van der Waals surface area contributed by atoms with Crippen molar-refractivity contribution in [3.05, 3.63) is 96.9 Å². The van der Waals surface area contributed by atoms with E-state index in [0.717, 1.165) is 23.0 Å². The van der Waals surface area contributed by atoms with Crippen LogP contribution in [0, 0.1) is 10.1 Å². The van der Waals surface area contributed by atoms with Crippen LogP contribution in [0.25, 0.3) is 0 Å². The van der Waals surface area contributed by atoms with Crippen LogP contribution in [-0.2, 0) is 13.0 Å². The van der Waals surface area contributed by atoms with Gasteiger partial charge in [0.2, 0.25) is 0 Å². The predicted octanol–water partition coefficient (Wildman–Crippen LogP) is 5.63.